The van der Waals surface area contributed by atoms with Gasteiger partial charge in [0, 0.05) is 63.7 Å². The van der Waals surface area contributed by atoms with Crippen molar-refractivity contribution < 1.29 is 14.3 Å². The first-order chi connectivity index (χ1) is 16.7. The number of rotatable bonds is 4. The predicted octanol–water partition coefficient (Wildman–Crippen LogP) is 4.10. The number of nitrogens with zero attached hydrogens (tertiary/aromatic N) is 4. The van der Waals surface area contributed by atoms with Crippen LogP contribution < -0.4 is 4.74 Å². The Morgan fingerprint density at radius 3 is 2.66 bits per heavy atom. The highest BCUT2D eigenvalue weighted by atomic mass is 16.6. The highest BCUT2D eigenvalue weighted by Crippen LogP contribution is 2.30. The Morgan fingerprint density at radius 2 is 1.89 bits per heavy atom. The summed E-state index contributed by atoms with van der Waals surface area (Å²) < 4.78 is 11.9. The van der Waals surface area contributed by atoms with E-state index in [1.807, 2.05) is 26.8 Å². The van der Waals surface area contributed by atoms with Crippen molar-refractivity contribution in [2.45, 2.75) is 77.4 Å². The fraction of sp³-hybridized carbons (Fsp3) is 0.571. The van der Waals surface area contributed by atoms with Crippen LogP contribution in [0, 0.1) is 0 Å². The average molecular weight is 479 g/mol. The van der Waals surface area contributed by atoms with Gasteiger partial charge in [0.1, 0.15) is 11.7 Å². The number of carbonyl (C=O) groups excluding carboxylic acids is 1. The molecule has 2 fully saturated rings. The second kappa shape index (κ2) is 9.78. The molecule has 1 amide bonds. The van der Waals surface area contributed by atoms with Gasteiger partial charge in [0.2, 0.25) is 5.88 Å². The van der Waals surface area contributed by atoms with Crippen LogP contribution in [0.3, 0.4) is 0 Å². The van der Waals surface area contributed by atoms with E-state index < -0.39 is 5.60 Å². The number of aromatic nitrogens is 1. The minimum Gasteiger partial charge on any atom is -0.473 e. The number of pyridine rings is 1. The molecule has 3 aliphatic rings. The first kappa shape index (κ1) is 24.1. The lowest BCUT2D eigenvalue weighted by atomic mass is 10.1. The van der Waals surface area contributed by atoms with E-state index in [1.165, 1.54) is 5.56 Å². The molecule has 4 heterocycles. The van der Waals surface area contributed by atoms with Gasteiger partial charge >= 0.3 is 6.09 Å². The molecule has 3 aliphatic heterocycles. The predicted molar refractivity (Wildman–Crippen MR) is 135 cm³/mol. The van der Waals surface area contributed by atoms with Crippen LogP contribution in [0.5, 0.6) is 5.88 Å². The fourth-order valence-corrected chi connectivity index (χ4v) is 5.64. The van der Waals surface area contributed by atoms with Crippen molar-refractivity contribution in [1.29, 1.82) is 0 Å². The Kier molecular flexibility index (Phi) is 6.73. The summed E-state index contributed by atoms with van der Waals surface area (Å²) in [6, 6.07) is 15.8. The van der Waals surface area contributed by atoms with E-state index in [4.69, 9.17) is 14.5 Å². The maximum Gasteiger partial charge on any atom is 0.410 e. The maximum absolute atomic E-state index is 12.4. The molecule has 7 nitrogen and oxygen atoms in total. The van der Waals surface area contributed by atoms with E-state index in [0.717, 1.165) is 50.3 Å². The third-order valence-electron chi connectivity index (χ3n) is 7.19. The number of piperazine rings is 1. The molecule has 188 valence electrons. The normalized spacial score (nSPS) is 25.1. The van der Waals surface area contributed by atoms with E-state index >= 15 is 0 Å². The molecule has 2 saturated heterocycles. The number of hydrogen-bond donors (Lipinski definition) is 0. The van der Waals surface area contributed by atoms with Gasteiger partial charge in [-0.05, 0) is 38.8 Å². The lowest BCUT2D eigenvalue weighted by molar-refractivity contribution is 0.0222. The summed E-state index contributed by atoms with van der Waals surface area (Å²) in [7, 11) is 0. The standard InChI is InChI=1S/C28H38N4O3/c1-20-15-30(16-21-8-6-5-7-9-21)18-23-14-24(19-32(20)23)34-26-11-10-22-17-31(13-12-25(22)29-26)27(33)35-28(2,3)4/h5-11,20,23-24H,12-19H2,1-4H3/t20-,23+,24?/m1/s1. The van der Waals surface area contributed by atoms with Gasteiger partial charge in [0.05, 0.1) is 12.2 Å². The van der Waals surface area contributed by atoms with Gasteiger partial charge in [-0.25, -0.2) is 9.78 Å². The molecule has 0 N–H and O–H groups in total. The van der Waals surface area contributed by atoms with Gasteiger partial charge < -0.3 is 14.4 Å². The molecular formula is C28H38N4O3. The Hall–Kier alpha value is -2.64. The largest absolute Gasteiger partial charge is 0.473 e. The quantitative estimate of drug-likeness (QED) is 0.660. The molecule has 5 rings (SSSR count). The van der Waals surface area contributed by atoms with E-state index in [2.05, 4.69) is 53.1 Å². The summed E-state index contributed by atoms with van der Waals surface area (Å²) in [6.45, 7) is 13.3. The smallest absolute Gasteiger partial charge is 0.410 e. The third kappa shape index (κ3) is 5.78. The van der Waals surface area contributed by atoms with Gasteiger partial charge in [-0.1, -0.05) is 36.4 Å². The molecule has 7 heteroatoms. The molecule has 1 aromatic heterocycles. The molecule has 2 aromatic rings. The second-order valence-corrected chi connectivity index (χ2v) is 11.3. The number of carbonyl (C=O) groups is 1. The summed E-state index contributed by atoms with van der Waals surface area (Å²) in [6.07, 6.45) is 1.64. The number of amides is 1. The Bertz CT molecular complexity index is 1040. The topological polar surface area (TPSA) is 58.1 Å². The number of ether oxygens (including phenoxy) is 2. The SMILES string of the molecule is C[C@@H]1CN(Cc2ccccc2)C[C@@H]2CC(Oc3ccc4c(n3)CCN(C(=O)OC(C)(C)C)C4)CN21. The van der Waals surface area contributed by atoms with Gasteiger partial charge in [0.15, 0.2) is 0 Å². The number of fused-ring (bicyclic) bond motifs is 2. The van der Waals surface area contributed by atoms with E-state index in [0.29, 0.717) is 31.1 Å². The second-order valence-electron chi connectivity index (χ2n) is 11.3. The third-order valence-corrected chi connectivity index (χ3v) is 7.19. The van der Waals surface area contributed by atoms with E-state index in [1.54, 1.807) is 4.90 Å². The van der Waals surface area contributed by atoms with Crippen LogP contribution in [-0.2, 0) is 24.2 Å². The zero-order valence-electron chi connectivity index (χ0n) is 21.4. The van der Waals surface area contributed by atoms with Crippen LogP contribution in [0.4, 0.5) is 4.79 Å². The zero-order chi connectivity index (χ0) is 24.6. The van der Waals surface area contributed by atoms with Crippen LogP contribution in [0.2, 0.25) is 0 Å². The van der Waals surface area contributed by atoms with Crippen LogP contribution in [0.1, 0.15) is 50.9 Å². The Labute approximate surface area is 209 Å². The summed E-state index contributed by atoms with van der Waals surface area (Å²) in [5.41, 5.74) is 2.99. The van der Waals surface area contributed by atoms with Crippen LogP contribution in [0.15, 0.2) is 42.5 Å². The van der Waals surface area contributed by atoms with Crippen LogP contribution in [0.25, 0.3) is 0 Å². The lowest BCUT2D eigenvalue weighted by Gasteiger charge is -2.42. The van der Waals surface area contributed by atoms with Crippen molar-refractivity contribution in [2.24, 2.45) is 0 Å². The van der Waals surface area contributed by atoms with Gasteiger partial charge in [-0.2, -0.15) is 0 Å². The lowest BCUT2D eigenvalue weighted by Crippen LogP contribution is -2.54. The molecule has 1 unspecified atom stereocenters. The van der Waals surface area contributed by atoms with Crippen molar-refractivity contribution in [3.8, 4) is 5.88 Å². The molecule has 0 saturated carbocycles. The Morgan fingerprint density at radius 1 is 1.09 bits per heavy atom. The van der Waals surface area contributed by atoms with Crippen LogP contribution in [-0.4, -0.2) is 75.7 Å². The number of hydrogen-bond acceptors (Lipinski definition) is 6. The monoisotopic (exact) mass is 478 g/mol. The van der Waals surface area contributed by atoms with Crippen molar-refractivity contribution >= 4 is 6.09 Å². The molecule has 3 atom stereocenters. The molecule has 0 spiro atoms. The highest BCUT2D eigenvalue weighted by molar-refractivity contribution is 5.68. The van der Waals surface area contributed by atoms with Crippen molar-refractivity contribution in [3.63, 3.8) is 0 Å². The molecule has 0 bridgehead atoms. The van der Waals surface area contributed by atoms with Crippen LogP contribution >= 0.6 is 0 Å². The van der Waals surface area contributed by atoms with Crippen molar-refractivity contribution in [3.05, 3.63) is 59.3 Å². The van der Waals surface area contributed by atoms with Crippen molar-refractivity contribution in [1.82, 2.24) is 19.7 Å². The summed E-state index contributed by atoms with van der Waals surface area (Å²) in [5, 5.41) is 0. The summed E-state index contributed by atoms with van der Waals surface area (Å²) in [5.74, 6) is 0.702. The minimum atomic E-state index is -0.488. The molecule has 0 aliphatic carbocycles. The van der Waals surface area contributed by atoms with E-state index in [-0.39, 0.29) is 12.2 Å². The number of benzene rings is 1. The Balaban J connectivity index is 1.17. The van der Waals surface area contributed by atoms with Gasteiger partial charge in [-0.3, -0.25) is 9.80 Å². The maximum atomic E-state index is 12.4. The first-order valence-corrected chi connectivity index (χ1v) is 12.9. The zero-order valence-corrected chi connectivity index (χ0v) is 21.4. The molecule has 0 radical (unpaired) electrons. The highest BCUT2D eigenvalue weighted by Gasteiger charge is 2.40. The minimum absolute atomic E-state index is 0.159. The van der Waals surface area contributed by atoms with Gasteiger partial charge in [0.25, 0.3) is 0 Å². The average Bonchev–Trinajstić information content (AvgIpc) is 3.21. The van der Waals surface area contributed by atoms with E-state index in [9.17, 15) is 4.79 Å². The van der Waals surface area contributed by atoms with Crippen molar-refractivity contribution in [2.75, 3.05) is 26.2 Å². The summed E-state index contributed by atoms with van der Waals surface area (Å²) >= 11 is 0. The molecule has 35 heavy (non-hydrogen) atoms. The first-order valence-electron chi connectivity index (χ1n) is 12.9. The fourth-order valence-electron chi connectivity index (χ4n) is 5.64. The molecular weight excluding hydrogens is 440 g/mol. The molecule has 1 aromatic carbocycles. The van der Waals surface area contributed by atoms with Gasteiger partial charge in [-0.15, -0.1) is 0 Å². The summed E-state index contributed by atoms with van der Waals surface area (Å²) in [4.78, 5) is 24.2.